The fourth-order valence-electron chi connectivity index (χ4n) is 3.87. The second-order valence-electron chi connectivity index (χ2n) is 7.18. The van der Waals surface area contributed by atoms with Crippen LogP contribution in [0.5, 0.6) is 0 Å². The number of fused-ring (bicyclic) bond motifs is 1. The van der Waals surface area contributed by atoms with Crippen LogP contribution in [0.2, 0.25) is 0 Å². The molecule has 0 bridgehead atoms. The van der Waals surface area contributed by atoms with Crippen molar-refractivity contribution in [2.24, 2.45) is 0 Å². The Hall–Kier alpha value is -1.58. The lowest BCUT2D eigenvalue weighted by molar-refractivity contribution is -0.129. The van der Waals surface area contributed by atoms with E-state index in [1.807, 2.05) is 20.0 Å². The van der Waals surface area contributed by atoms with E-state index in [0.29, 0.717) is 39.3 Å². The summed E-state index contributed by atoms with van der Waals surface area (Å²) < 4.78 is 28.7. The van der Waals surface area contributed by atoms with Gasteiger partial charge in [0, 0.05) is 70.3 Å². The molecule has 1 amide bonds. The topological polar surface area (TPSA) is 86.7 Å². The molecule has 9 heteroatoms. The minimum Gasteiger partial charge on any atom is -0.338 e. The molecule has 8 nitrogen and oxygen atoms in total. The lowest BCUT2D eigenvalue weighted by atomic mass is 9.98. The van der Waals surface area contributed by atoms with Gasteiger partial charge in [0.2, 0.25) is 5.91 Å². The summed E-state index contributed by atoms with van der Waals surface area (Å²) in [6.45, 7) is 8.45. The molecule has 1 saturated heterocycles. The van der Waals surface area contributed by atoms with Gasteiger partial charge in [-0.1, -0.05) is 13.8 Å². The summed E-state index contributed by atoms with van der Waals surface area (Å²) in [5, 5.41) is 0. The van der Waals surface area contributed by atoms with Crippen molar-refractivity contribution < 1.29 is 13.2 Å². The molecule has 2 aliphatic rings. The number of carbonyl (C=O) groups excluding carboxylic acids is 1. The molecule has 3 heterocycles. The van der Waals surface area contributed by atoms with Crippen molar-refractivity contribution in [3.63, 3.8) is 0 Å². The van der Waals surface area contributed by atoms with E-state index in [2.05, 4.69) is 4.98 Å². The first-order chi connectivity index (χ1) is 12.9. The summed E-state index contributed by atoms with van der Waals surface area (Å²) in [6, 6.07) is 0. The van der Waals surface area contributed by atoms with Gasteiger partial charge in [-0.3, -0.25) is 4.79 Å². The molecule has 0 aliphatic carbocycles. The molecule has 0 aromatic carbocycles. The number of carbonyl (C=O) groups is 1. The number of hydrogen-bond acceptors (Lipinski definition) is 5. The smallest absolute Gasteiger partial charge is 0.281 e. The fraction of sp³-hybridized carbons (Fsp3) is 0.722. The zero-order chi connectivity index (χ0) is 19.6. The summed E-state index contributed by atoms with van der Waals surface area (Å²) in [6.07, 6.45) is 4.23. The predicted molar refractivity (Wildman–Crippen MR) is 102 cm³/mol. The van der Waals surface area contributed by atoms with Gasteiger partial charge in [0.05, 0.1) is 5.69 Å². The van der Waals surface area contributed by atoms with Gasteiger partial charge in [0.15, 0.2) is 0 Å². The van der Waals surface area contributed by atoms with Gasteiger partial charge < -0.3 is 4.90 Å². The number of hydrogen-bond donors (Lipinski definition) is 0. The highest BCUT2D eigenvalue weighted by Crippen LogP contribution is 2.28. The zero-order valence-electron chi connectivity index (χ0n) is 16.4. The Morgan fingerprint density at radius 2 is 2.04 bits per heavy atom. The van der Waals surface area contributed by atoms with Crippen LogP contribution in [-0.4, -0.2) is 70.5 Å². The third-order valence-electron chi connectivity index (χ3n) is 5.51. The first kappa shape index (κ1) is 20.2. The van der Waals surface area contributed by atoms with Crippen molar-refractivity contribution in [2.45, 2.75) is 52.5 Å². The molecule has 1 aromatic rings. The molecule has 1 atom stereocenters. The minimum atomic E-state index is -3.43. The lowest BCUT2D eigenvalue weighted by Gasteiger charge is -2.34. The van der Waals surface area contributed by atoms with E-state index in [0.717, 1.165) is 36.3 Å². The predicted octanol–water partition coefficient (Wildman–Crippen LogP) is 1.15. The van der Waals surface area contributed by atoms with Crippen molar-refractivity contribution in [3.05, 3.63) is 23.3 Å². The number of aromatic nitrogens is 2. The van der Waals surface area contributed by atoms with Crippen LogP contribution in [0.4, 0.5) is 0 Å². The van der Waals surface area contributed by atoms with E-state index < -0.39 is 10.2 Å². The van der Waals surface area contributed by atoms with Crippen molar-refractivity contribution in [2.75, 3.05) is 32.7 Å². The second-order valence-corrected chi connectivity index (χ2v) is 9.11. The van der Waals surface area contributed by atoms with Crippen LogP contribution < -0.4 is 0 Å². The van der Waals surface area contributed by atoms with Crippen LogP contribution in [0.15, 0.2) is 6.20 Å². The second kappa shape index (κ2) is 8.20. The highest BCUT2D eigenvalue weighted by atomic mass is 32.2. The molecule has 0 radical (unpaired) electrons. The number of nitrogens with zero attached hydrogens (tertiary/aromatic N) is 5. The molecule has 0 spiro atoms. The average molecular weight is 396 g/mol. The Kier molecular flexibility index (Phi) is 6.12. The number of rotatable bonds is 5. The fourth-order valence-corrected chi connectivity index (χ4v) is 5.58. The molecule has 1 fully saturated rings. The zero-order valence-corrected chi connectivity index (χ0v) is 17.2. The van der Waals surface area contributed by atoms with Crippen LogP contribution in [-0.2, 0) is 28.0 Å². The third-order valence-corrected chi connectivity index (χ3v) is 7.66. The van der Waals surface area contributed by atoms with E-state index in [9.17, 15) is 13.2 Å². The van der Waals surface area contributed by atoms with E-state index in [1.165, 1.54) is 4.31 Å². The molecule has 27 heavy (non-hydrogen) atoms. The molecule has 0 N–H and O–H groups in total. The van der Waals surface area contributed by atoms with Gasteiger partial charge in [0.25, 0.3) is 10.2 Å². The standard InChI is InChI=1S/C18H29N5O3S/c1-4-22(5-2)27(25,26)23-9-6-7-15(13-23)18-19-11-16-12-21(14(3)24)10-8-17(16)20-18/h11,15H,4-10,12-13H2,1-3H3. The Morgan fingerprint density at radius 1 is 1.30 bits per heavy atom. The largest absolute Gasteiger partial charge is 0.338 e. The molecule has 2 aliphatic heterocycles. The molecular formula is C18H29N5O3S. The van der Waals surface area contributed by atoms with Crippen molar-refractivity contribution in [1.82, 2.24) is 23.5 Å². The summed E-state index contributed by atoms with van der Waals surface area (Å²) in [5.74, 6) is 0.805. The van der Waals surface area contributed by atoms with Gasteiger partial charge in [-0.15, -0.1) is 0 Å². The van der Waals surface area contributed by atoms with Crippen LogP contribution in [0.1, 0.15) is 56.6 Å². The van der Waals surface area contributed by atoms with Crippen molar-refractivity contribution in [3.8, 4) is 0 Å². The Labute approximate surface area is 161 Å². The first-order valence-electron chi connectivity index (χ1n) is 9.72. The van der Waals surface area contributed by atoms with Crippen molar-refractivity contribution in [1.29, 1.82) is 0 Å². The Bertz CT molecular complexity index is 794. The van der Waals surface area contributed by atoms with Gasteiger partial charge in [-0.2, -0.15) is 17.0 Å². The highest BCUT2D eigenvalue weighted by Gasteiger charge is 2.34. The molecular weight excluding hydrogens is 366 g/mol. The maximum absolute atomic E-state index is 12.8. The van der Waals surface area contributed by atoms with E-state index in [4.69, 9.17) is 4.98 Å². The molecule has 1 aromatic heterocycles. The highest BCUT2D eigenvalue weighted by molar-refractivity contribution is 7.86. The Morgan fingerprint density at radius 3 is 2.70 bits per heavy atom. The number of piperidine rings is 1. The van der Waals surface area contributed by atoms with Gasteiger partial charge in [-0.25, -0.2) is 9.97 Å². The van der Waals surface area contributed by atoms with Crippen LogP contribution in [0.3, 0.4) is 0 Å². The van der Waals surface area contributed by atoms with E-state index in [-0.39, 0.29) is 11.8 Å². The minimum absolute atomic E-state index is 0.0141. The molecule has 150 valence electrons. The normalized spacial score (nSPS) is 21.3. The van der Waals surface area contributed by atoms with Crippen LogP contribution in [0, 0.1) is 0 Å². The first-order valence-corrected chi connectivity index (χ1v) is 11.1. The van der Waals surface area contributed by atoms with Crippen molar-refractivity contribution >= 4 is 16.1 Å². The summed E-state index contributed by atoms with van der Waals surface area (Å²) in [5.41, 5.74) is 1.98. The van der Waals surface area contributed by atoms with Crippen LogP contribution >= 0.6 is 0 Å². The maximum Gasteiger partial charge on any atom is 0.281 e. The quantitative estimate of drug-likeness (QED) is 0.746. The summed E-state index contributed by atoms with van der Waals surface area (Å²) in [7, 11) is -3.43. The Balaban J connectivity index is 1.76. The molecule has 1 unspecified atom stereocenters. The lowest BCUT2D eigenvalue weighted by Crippen LogP contribution is -2.47. The van der Waals surface area contributed by atoms with E-state index >= 15 is 0 Å². The average Bonchev–Trinajstić information content (AvgIpc) is 2.68. The van der Waals surface area contributed by atoms with Crippen LogP contribution in [0.25, 0.3) is 0 Å². The monoisotopic (exact) mass is 395 g/mol. The SMILES string of the molecule is CCN(CC)S(=O)(=O)N1CCCC(c2ncc3c(n2)CCN(C(C)=O)C3)C1. The maximum atomic E-state index is 12.8. The van der Waals surface area contributed by atoms with Gasteiger partial charge in [0.1, 0.15) is 5.82 Å². The van der Waals surface area contributed by atoms with E-state index in [1.54, 1.807) is 16.1 Å². The molecule has 0 saturated carbocycles. The number of amides is 1. The molecule has 3 rings (SSSR count). The third kappa shape index (κ3) is 4.14. The van der Waals surface area contributed by atoms with Gasteiger partial charge >= 0.3 is 0 Å². The summed E-state index contributed by atoms with van der Waals surface area (Å²) >= 11 is 0. The van der Waals surface area contributed by atoms with Gasteiger partial charge in [-0.05, 0) is 12.8 Å². The summed E-state index contributed by atoms with van der Waals surface area (Å²) in [4.78, 5) is 22.6.